The van der Waals surface area contributed by atoms with Crippen LogP contribution in [-0.2, 0) is 0 Å². The molecule has 1 aliphatic rings. The molecule has 194 valence electrons. The van der Waals surface area contributed by atoms with Crippen LogP contribution >= 0.6 is 0 Å². The Balaban J connectivity index is 1.45. The highest BCUT2D eigenvalue weighted by molar-refractivity contribution is 6.28. The normalized spacial score (nSPS) is 11.8. The van der Waals surface area contributed by atoms with Crippen molar-refractivity contribution in [1.29, 1.82) is 0 Å². The van der Waals surface area contributed by atoms with Gasteiger partial charge in [-0.25, -0.2) is 0 Å². The van der Waals surface area contributed by atoms with Crippen molar-refractivity contribution in [3.63, 3.8) is 0 Å². The van der Waals surface area contributed by atoms with Gasteiger partial charge >= 0.3 is 0 Å². The molecule has 0 atom stereocenters. The lowest BCUT2D eigenvalue weighted by molar-refractivity contribution is 1.36. The highest BCUT2D eigenvalue weighted by atomic mass is 14.7. The summed E-state index contributed by atoms with van der Waals surface area (Å²) in [7, 11) is 0. The SMILES string of the molecule is c1ccc(-c2c3c(c(-c4ccccc4)c4ccccc24)-c2cc(-c4cc5ccccc5cn4)cc4cccc-3c24)cc1. The van der Waals surface area contributed by atoms with E-state index >= 15 is 0 Å². The number of pyridine rings is 1. The highest BCUT2D eigenvalue weighted by Crippen LogP contribution is 2.58. The fourth-order valence-electron chi connectivity index (χ4n) is 7.01. The van der Waals surface area contributed by atoms with E-state index in [0.717, 1.165) is 16.6 Å². The minimum Gasteiger partial charge on any atom is -0.256 e. The smallest absolute Gasteiger partial charge is 0.0708 e. The van der Waals surface area contributed by atoms with Gasteiger partial charge in [-0.15, -0.1) is 0 Å². The maximum Gasteiger partial charge on any atom is 0.0708 e. The topological polar surface area (TPSA) is 12.9 Å². The van der Waals surface area contributed by atoms with Crippen LogP contribution in [0.1, 0.15) is 0 Å². The maximum atomic E-state index is 4.93. The predicted molar refractivity (Wildman–Crippen MR) is 177 cm³/mol. The Hall–Kier alpha value is -5.53. The number of benzene rings is 7. The Morgan fingerprint density at radius 1 is 0.357 bits per heavy atom. The second kappa shape index (κ2) is 8.99. The summed E-state index contributed by atoms with van der Waals surface area (Å²) in [6.07, 6.45) is 2.00. The quantitative estimate of drug-likeness (QED) is 0.221. The highest BCUT2D eigenvalue weighted by Gasteiger charge is 2.30. The number of nitrogens with zero attached hydrogens (tertiary/aromatic N) is 1. The largest absolute Gasteiger partial charge is 0.256 e. The van der Waals surface area contributed by atoms with Crippen LogP contribution < -0.4 is 0 Å². The first-order chi connectivity index (χ1) is 20.8. The first-order valence-electron chi connectivity index (χ1n) is 14.5. The first-order valence-corrected chi connectivity index (χ1v) is 14.5. The summed E-state index contributed by atoms with van der Waals surface area (Å²) in [4.78, 5) is 4.93. The van der Waals surface area contributed by atoms with Crippen molar-refractivity contribution < 1.29 is 0 Å². The van der Waals surface area contributed by atoms with Gasteiger partial charge in [-0.1, -0.05) is 127 Å². The Labute approximate surface area is 244 Å². The Bertz CT molecular complexity index is 2330. The van der Waals surface area contributed by atoms with E-state index in [2.05, 4.69) is 146 Å². The van der Waals surface area contributed by atoms with E-state index < -0.39 is 0 Å². The molecule has 0 spiro atoms. The summed E-state index contributed by atoms with van der Waals surface area (Å²) in [5.74, 6) is 0. The van der Waals surface area contributed by atoms with E-state index in [-0.39, 0.29) is 0 Å². The molecule has 0 bridgehead atoms. The molecule has 42 heavy (non-hydrogen) atoms. The summed E-state index contributed by atoms with van der Waals surface area (Å²) in [6, 6.07) is 52.8. The number of aromatic nitrogens is 1. The van der Waals surface area contributed by atoms with E-state index in [1.54, 1.807) is 0 Å². The predicted octanol–water partition coefficient (Wildman–Crippen LogP) is 11.2. The summed E-state index contributed by atoms with van der Waals surface area (Å²) >= 11 is 0. The monoisotopic (exact) mass is 531 g/mol. The standard InChI is InChI=1S/C41H25N/c1-3-12-26(13-4-1)38-32-19-9-10-20-33(32)39(27-14-5-2-6-15-27)41-35-23-31(22-29-18-11-21-34(37(29)35)40(38)41)36-24-28-16-7-8-17-30(28)25-42-36/h1-25H. The fraction of sp³-hybridized carbons (Fsp3) is 0. The molecule has 1 nitrogen and oxygen atoms in total. The molecule has 1 aromatic heterocycles. The first kappa shape index (κ1) is 23.2. The Morgan fingerprint density at radius 2 is 0.929 bits per heavy atom. The summed E-state index contributed by atoms with van der Waals surface area (Å²) in [6.45, 7) is 0. The Kier molecular flexibility index (Phi) is 4.97. The molecule has 7 aromatic carbocycles. The van der Waals surface area contributed by atoms with Crippen LogP contribution in [0.4, 0.5) is 0 Å². The van der Waals surface area contributed by atoms with Gasteiger partial charge in [0.25, 0.3) is 0 Å². The molecule has 0 unspecified atom stereocenters. The van der Waals surface area contributed by atoms with E-state index in [1.165, 1.54) is 71.4 Å². The molecule has 1 heteroatoms. The zero-order chi connectivity index (χ0) is 27.6. The lowest BCUT2D eigenvalue weighted by Crippen LogP contribution is -1.93. The molecule has 0 fully saturated rings. The minimum absolute atomic E-state index is 0.996. The van der Waals surface area contributed by atoms with Gasteiger partial charge in [0.05, 0.1) is 5.69 Å². The van der Waals surface area contributed by atoms with Gasteiger partial charge in [-0.05, 0) is 89.6 Å². The summed E-state index contributed by atoms with van der Waals surface area (Å²) in [5.41, 5.74) is 12.4. The zero-order valence-corrected chi connectivity index (χ0v) is 22.9. The average molecular weight is 532 g/mol. The van der Waals surface area contributed by atoms with Crippen LogP contribution in [-0.4, -0.2) is 4.98 Å². The van der Waals surface area contributed by atoms with Crippen LogP contribution in [0.25, 0.3) is 88.1 Å². The molecule has 0 aliphatic heterocycles. The van der Waals surface area contributed by atoms with Crippen LogP contribution in [0.5, 0.6) is 0 Å². The molecular formula is C41H25N. The third-order valence-electron chi connectivity index (χ3n) is 8.78. The van der Waals surface area contributed by atoms with Crippen molar-refractivity contribution in [1.82, 2.24) is 4.98 Å². The Morgan fingerprint density at radius 3 is 1.62 bits per heavy atom. The zero-order valence-electron chi connectivity index (χ0n) is 22.9. The van der Waals surface area contributed by atoms with E-state index in [4.69, 9.17) is 4.98 Å². The van der Waals surface area contributed by atoms with Crippen molar-refractivity contribution in [2.75, 3.05) is 0 Å². The number of hydrogen-bond acceptors (Lipinski definition) is 1. The number of rotatable bonds is 3. The molecule has 0 saturated heterocycles. The van der Waals surface area contributed by atoms with Crippen molar-refractivity contribution in [2.45, 2.75) is 0 Å². The van der Waals surface area contributed by atoms with Gasteiger partial charge in [0, 0.05) is 17.1 Å². The van der Waals surface area contributed by atoms with Gasteiger partial charge in [-0.2, -0.15) is 0 Å². The molecule has 0 radical (unpaired) electrons. The number of hydrogen-bond donors (Lipinski definition) is 0. The maximum absolute atomic E-state index is 4.93. The molecular weight excluding hydrogens is 506 g/mol. The molecule has 8 aromatic rings. The lowest BCUT2D eigenvalue weighted by atomic mass is 9.82. The van der Waals surface area contributed by atoms with Crippen LogP contribution in [0.3, 0.4) is 0 Å². The van der Waals surface area contributed by atoms with Crippen LogP contribution in [0.2, 0.25) is 0 Å². The van der Waals surface area contributed by atoms with E-state index in [0.29, 0.717) is 0 Å². The summed E-state index contributed by atoms with van der Waals surface area (Å²) in [5, 5.41) is 7.48. The third-order valence-corrected chi connectivity index (χ3v) is 8.78. The third kappa shape index (κ3) is 3.34. The van der Waals surface area contributed by atoms with Gasteiger partial charge in [-0.3, -0.25) is 4.98 Å². The van der Waals surface area contributed by atoms with Crippen molar-refractivity contribution in [3.8, 4) is 55.8 Å². The molecule has 0 amide bonds. The number of fused-ring (bicyclic) bond motifs is 5. The van der Waals surface area contributed by atoms with Crippen molar-refractivity contribution in [3.05, 3.63) is 152 Å². The molecule has 9 rings (SSSR count). The lowest BCUT2D eigenvalue weighted by Gasteiger charge is -2.20. The molecule has 1 aliphatic carbocycles. The van der Waals surface area contributed by atoms with Crippen molar-refractivity contribution in [2.24, 2.45) is 0 Å². The van der Waals surface area contributed by atoms with Gasteiger partial charge in [0.2, 0.25) is 0 Å². The fourth-order valence-corrected chi connectivity index (χ4v) is 7.01. The second-order valence-corrected chi connectivity index (χ2v) is 11.1. The van der Waals surface area contributed by atoms with Crippen LogP contribution in [0, 0.1) is 0 Å². The van der Waals surface area contributed by atoms with Crippen LogP contribution in [0.15, 0.2) is 152 Å². The molecule has 0 saturated carbocycles. The van der Waals surface area contributed by atoms with Gasteiger partial charge in [0.15, 0.2) is 0 Å². The molecule has 1 heterocycles. The van der Waals surface area contributed by atoms with Gasteiger partial charge in [0.1, 0.15) is 0 Å². The van der Waals surface area contributed by atoms with Crippen molar-refractivity contribution >= 4 is 32.3 Å². The minimum atomic E-state index is 0.996. The average Bonchev–Trinajstić information content (AvgIpc) is 3.39. The van der Waals surface area contributed by atoms with E-state index in [1.807, 2.05) is 6.20 Å². The summed E-state index contributed by atoms with van der Waals surface area (Å²) < 4.78 is 0. The van der Waals surface area contributed by atoms with E-state index in [9.17, 15) is 0 Å². The second-order valence-electron chi connectivity index (χ2n) is 11.1. The molecule has 0 N–H and O–H groups in total. The van der Waals surface area contributed by atoms with Gasteiger partial charge < -0.3 is 0 Å².